The van der Waals surface area contributed by atoms with Crippen LogP contribution in [0.4, 0.5) is 0 Å². The lowest BCUT2D eigenvalue weighted by molar-refractivity contribution is -0.133. The van der Waals surface area contributed by atoms with E-state index in [1.807, 2.05) is 19.1 Å². The fraction of sp³-hybridized carbons (Fsp3) is 0.550. The second-order valence-corrected chi connectivity index (χ2v) is 6.73. The maximum atomic E-state index is 12.6. The molecule has 0 aromatic heterocycles. The van der Waals surface area contributed by atoms with Gasteiger partial charge in [-0.25, -0.2) is 4.79 Å². The summed E-state index contributed by atoms with van der Waals surface area (Å²) in [5.74, 6) is -0.911. The van der Waals surface area contributed by atoms with Crippen LogP contribution < -0.4 is 5.32 Å². The second-order valence-electron chi connectivity index (χ2n) is 6.73. The van der Waals surface area contributed by atoms with E-state index in [2.05, 4.69) is 5.32 Å². The molecule has 1 aliphatic heterocycles. The number of amides is 2. The number of carbonyl (C=O) groups excluding carboxylic acids is 3. The zero-order chi connectivity index (χ0) is 19.8. The third kappa shape index (κ3) is 5.07. The predicted octanol–water partition coefficient (Wildman–Crippen LogP) is 1.40. The Kier molecular flexibility index (Phi) is 7.79. The number of ether oxygens (including phenoxy) is 2. The van der Waals surface area contributed by atoms with Crippen LogP contribution in [0.1, 0.15) is 35.7 Å². The van der Waals surface area contributed by atoms with Crippen LogP contribution >= 0.6 is 0 Å². The molecule has 1 heterocycles. The van der Waals surface area contributed by atoms with Crippen molar-refractivity contribution >= 4 is 18.3 Å². The quantitative estimate of drug-likeness (QED) is 0.520. The number of hydrogen-bond acceptors (Lipinski definition) is 5. The molecule has 1 aromatic rings. The van der Waals surface area contributed by atoms with Crippen molar-refractivity contribution < 1.29 is 23.9 Å². The standard InChI is InChI=1S/C20H28N2O5/c1-14(18(26-2)17-9-6-12-22(17)13-23)19(24)21-11-10-15-7-4-5-8-16(15)20(25)27-3/h4-5,7-8,13-14,17-18H,6,9-12H2,1-3H3,(H,21,24). The van der Waals surface area contributed by atoms with E-state index in [-0.39, 0.29) is 24.0 Å². The van der Waals surface area contributed by atoms with Gasteiger partial charge < -0.3 is 19.7 Å². The monoisotopic (exact) mass is 376 g/mol. The molecule has 0 radical (unpaired) electrons. The summed E-state index contributed by atoms with van der Waals surface area (Å²) in [7, 11) is 2.92. The highest BCUT2D eigenvalue weighted by Gasteiger charge is 2.37. The van der Waals surface area contributed by atoms with Crippen molar-refractivity contribution in [3.63, 3.8) is 0 Å². The third-order valence-corrected chi connectivity index (χ3v) is 5.15. The number of nitrogens with zero attached hydrogens (tertiary/aromatic N) is 1. The Morgan fingerprint density at radius 2 is 2.07 bits per heavy atom. The van der Waals surface area contributed by atoms with E-state index in [9.17, 15) is 14.4 Å². The molecule has 3 unspecified atom stereocenters. The van der Waals surface area contributed by atoms with Crippen LogP contribution in [-0.4, -0.2) is 62.6 Å². The number of likely N-dealkylation sites (tertiary alicyclic amines) is 1. The summed E-state index contributed by atoms with van der Waals surface area (Å²) in [6.07, 6.45) is 2.76. The van der Waals surface area contributed by atoms with E-state index < -0.39 is 5.92 Å². The normalized spacial score (nSPS) is 18.6. The van der Waals surface area contributed by atoms with Crippen LogP contribution in [0.3, 0.4) is 0 Å². The van der Waals surface area contributed by atoms with Gasteiger partial charge in [0.2, 0.25) is 12.3 Å². The summed E-state index contributed by atoms with van der Waals surface area (Å²) in [5.41, 5.74) is 1.33. The Morgan fingerprint density at radius 3 is 2.74 bits per heavy atom. The third-order valence-electron chi connectivity index (χ3n) is 5.15. The largest absolute Gasteiger partial charge is 0.465 e. The molecular weight excluding hydrogens is 348 g/mol. The Morgan fingerprint density at radius 1 is 1.33 bits per heavy atom. The average molecular weight is 376 g/mol. The van der Waals surface area contributed by atoms with E-state index in [4.69, 9.17) is 9.47 Å². The van der Waals surface area contributed by atoms with E-state index >= 15 is 0 Å². The Hall–Kier alpha value is -2.41. The molecule has 1 fully saturated rings. The van der Waals surface area contributed by atoms with E-state index in [0.29, 0.717) is 25.1 Å². The number of rotatable bonds is 9. The molecule has 148 valence electrons. The van der Waals surface area contributed by atoms with Gasteiger partial charge in [-0.2, -0.15) is 0 Å². The van der Waals surface area contributed by atoms with Crippen LogP contribution in [0, 0.1) is 5.92 Å². The van der Waals surface area contributed by atoms with Gasteiger partial charge in [-0.1, -0.05) is 25.1 Å². The first kappa shape index (κ1) is 20.9. The van der Waals surface area contributed by atoms with Gasteiger partial charge in [-0.05, 0) is 30.9 Å². The summed E-state index contributed by atoms with van der Waals surface area (Å²) in [6, 6.07) is 7.11. The molecule has 0 bridgehead atoms. The van der Waals surface area contributed by atoms with Crippen LogP contribution in [0.15, 0.2) is 24.3 Å². The number of methoxy groups -OCH3 is 2. The fourth-order valence-electron chi connectivity index (χ4n) is 3.67. The molecule has 1 aliphatic rings. The zero-order valence-corrected chi connectivity index (χ0v) is 16.1. The lowest BCUT2D eigenvalue weighted by Gasteiger charge is -2.31. The molecule has 7 nitrogen and oxygen atoms in total. The van der Waals surface area contributed by atoms with Crippen molar-refractivity contribution in [2.24, 2.45) is 5.92 Å². The number of esters is 1. The number of hydrogen-bond donors (Lipinski definition) is 1. The minimum atomic E-state index is -0.392. The predicted molar refractivity (Wildman–Crippen MR) is 100 cm³/mol. The number of benzene rings is 1. The zero-order valence-electron chi connectivity index (χ0n) is 16.1. The van der Waals surface area contributed by atoms with Crippen molar-refractivity contribution in [2.75, 3.05) is 27.3 Å². The molecule has 1 saturated heterocycles. The number of nitrogens with one attached hydrogen (secondary N) is 1. The average Bonchev–Trinajstić information content (AvgIpc) is 3.16. The molecular formula is C20H28N2O5. The van der Waals surface area contributed by atoms with Crippen molar-refractivity contribution in [1.29, 1.82) is 0 Å². The highest BCUT2D eigenvalue weighted by Crippen LogP contribution is 2.25. The molecule has 7 heteroatoms. The van der Waals surface area contributed by atoms with Crippen molar-refractivity contribution in [3.05, 3.63) is 35.4 Å². The van der Waals surface area contributed by atoms with Gasteiger partial charge in [-0.3, -0.25) is 9.59 Å². The smallest absolute Gasteiger partial charge is 0.338 e. The first-order valence-electron chi connectivity index (χ1n) is 9.21. The van der Waals surface area contributed by atoms with E-state index in [0.717, 1.165) is 24.8 Å². The van der Waals surface area contributed by atoms with Gasteiger partial charge in [0, 0.05) is 20.2 Å². The molecule has 1 N–H and O–H groups in total. The molecule has 27 heavy (non-hydrogen) atoms. The topological polar surface area (TPSA) is 84.9 Å². The second kappa shape index (κ2) is 10.1. The Bertz CT molecular complexity index is 664. The summed E-state index contributed by atoms with van der Waals surface area (Å²) in [5, 5.41) is 2.91. The summed E-state index contributed by atoms with van der Waals surface area (Å²) < 4.78 is 10.3. The fourth-order valence-corrected chi connectivity index (χ4v) is 3.67. The molecule has 2 amide bonds. The molecule has 2 rings (SSSR count). The Balaban J connectivity index is 1.93. The highest BCUT2D eigenvalue weighted by molar-refractivity contribution is 5.91. The number of carbonyl (C=O) groups is 3. The summed E-state index contributed by atoms with van der Waals surface area (Å²) >= 11 is 0. The van der Waals surface area contributed by atoms with Crippen LogP contribution in [-0.2, 0) is 25.5 Å². The van der Waals surface area contributed by atoms with Gasteiger partial charge in [0.25, 0.3) is 0 Å². The molecule has 0 aliphatic carbocycles. The summed E-state index contributed by atoms with van der Waals surface area (Å²) in [4.78, 5) is 37.3. The van der Waals surface area contributed by atoms with Gasteiger partial charge in [0.15, 0.2) is 0 Å². The Labute approximate surface area is 160 Å². The van der Waals surface area contributed by atoms with Crippen LogP contribution in [0.25, 0.3) is 0 Å². The van der Waals surface area contributed by atoms with Crippen molar-refractivity contribution in [2.45, 2.75) is 38.3 Å². The van der Waals surface area contributed by atoms with Crippen molar-refractivity contribution in [3.8, 4) is 0 Å². The van der Waals surface area contributed by atoms with E-state index in [1.54, 1.807) is 24.1 Å². The minimum Gasteiger partial charge on any atom is -0.465 e. The van der Waals surface area contributed by atoms with Crippen molar-refractivity contribution in [1.82, 2.24) is 10.2 Å². The maximum absolute atomic E-state index is 12.6. The lowest BCUT2D eigenvalue weighted by atomic mass is 9.95. The van der Waals surface area contributed by atoms with Gasteiger partial charge in [-0.15, -0.1) is 0 Å². The molecule has 0 saturated carbocycles. The van der Waals surface area contributed by atoms with Crippen LogP contribution in [0.5, 0.6) is 0 Å². The van der Waals surface area contributed by atoms with Gasteiger partial charge >= 0.3 is 5.97 Å². The van der Waals surface area contributed by atoms with E-state index in [1.165, 1.54) is 7.11 Å². The first-order valence-corrected chi connectivity index (χ1v) is 9.21. The SMILES string of the molecule is COC(=O)c1ccccc1CCNC(=O)C(C)C(OC)C1CCCN1C=O. The maximum Gasteiger partial charge on any atom is 0.338 e. The first-order chi connectivity index (χ1) is 13.0. The summed E-state index contributed by atoms with van der Waals surface area (Å²) in [6.45, 7) is 2.91. The molecule has 1 aromatic carbocycles. The highest BCUT2D eigenvalue weighted by atomic mass is 16.5. The van der Waals surface area contributed by atoms with Crippen LogP contribution in [0.2, 0.25) is 0 Å². The minimum absolute atomic E-state index is 0.0756. The van der Waals surface area contributed by atoms with Gasteiger partial charge in [0.1, 0.15) is 0 Å². The lowest BCUT2D eigenvalue weighted by Crippen LogP contribution is -2.47. The molecule has 0 spiro atoms. The molecule has 3 atom stereocenters. The van der Waals surface area contributed by atoms with Gasteiger partial charge in [0.05, 0.1) is 30.7 Å².